The van der Waals surface area contributed by atoms with Gasteiger partial charge < -0.3 is 15.0 Å². The van der Waals surface area contributed by atoms with E-state index >= 15 is 0 Å². The Morgan fingerprint density at radius 1 is 1.07 bits per heavy atom. The molecule has 8 heteroatoms. The molecule has 5 rings (SSSR count). The number of fused-ring (bicyclic) bond motifs is 1. The molecular formula is C20H19FN6O. The smallest absolute Gasteiger partial charge is 0.156 e. The molecule has 4 heterocycles. The van der Waals surface area contributed by atoms with Crippen LogP contribution in [0.25, 0.3) is 28.3 Å². The molecule has 0 aliphatic carbocycles. The molecule has 28 heavy (non-hydrogen) atoms. The van der Waals surface area contributed by atoms with Gasteiger partial charge in [0.05, 0.1) is 23.9 Å². The predicted octanol–water partition coefficient (Wildman–Crippen LogP) is 3.33. The van der Waals surface area contributed by atoms with Crippen molar-refractivity contribution in [3.05, 3.63) is 54.7 Å². The van der Waals surface area contributed by atoms with Crippen LogP contribution in [-0.4, -0.2) is 37.4 Å². The van der Waals surface area contributed by atoms with Crippen LogP contribution in [0.3, 0.4) is 0 Å². The van der Waals surface area contributed by atoms with Gasteiger partial charge in [-0.2, -0.15) is 5.10 Å². The Balaban J connectivity index is 1.69. The Morgan fingerprint density at radius 2 is 1.86 bits per heavy atom. The maximum Gasteiger partial charge on any atom is 0.156 e. The van der Waals surface area contributed by atoms with E-state index in [1.165, 1.54) is 12.1 Å². The van der Waals surface area contributed by atoms with Crippen LogP contribution in [0.1, 0.15) is 18.9 Å². The van der Waals surface area contributed by atoms with Crippen LogP contribution >= 0.6 is 0 Å². The molecule has 3 aromatic heterocycles. The van der Waals surface area contributed by atoms with Crippen LogP contribution in [0.4, 0.5) is 10.2 Å². The summed E-state index contributed by atoms with van der Waals surface area (Å²) in [5, 5.41) is 4.71. The monoisotopic (exact) mass is 378 g/mol. The molecule has 4 aromatic rings. The lowest BCUT2D eigenvalue weighted by Gasteiger charge is -2.25. The Hall–Kier alpha value is -3.26. The number of nitrogens with two attached hydrogens (primary N) is 1. The quantitative estimate of drug-likeness (QED) is 0.591. The first-order valence-electron chi connectivity index (χ1n) is 9.22. The number of hydrogen-bond acceptors (Lipinski definition) is 5. The second-order valence-corrected chi connectivity index (χ2v) is 6.89. The normalized spacial score (nSPS) is 15.3. The number of benzene rings is 1. The third-order valence-corrected chi connectivity index (χ3v) is 5.08. The lowest BCUT2D eigenvalue weighted by Crippen LogP contribution is -2.20. The summed E-state index contributed by atoms with van der Waals surface area (Å²) >= 11 is 0. The fraction of sp³-hybridized carbons (Fsp3) is 0.250. The number of nitrogens with zero attached hydrogens (tertiary/aromatic N) is 5. The van der Waals surface area contributed by atoms with E-state index in [9.17, 15) is 4.39 Å². The van der Waals surface area contributed by atoms with Crippen molar-refractivity contribution in [1.82, 2.24) is 24.1 Å². The van der Waals surface area contributed by atoms with Gasteiger partial charge in [0.2, 0.25) is 0 Å². The molecule has 142 valence electrons. The Labute approximate surface area is 160 Å². The number of anilines is 1. The topological polar surface area (TPSA) is 83.3 Å². The first-order chi connectivity index (χ1) is 13.7. The zero-order valence-electron chi connectivity index (χ0n) is 15.1. The fourth-order valence-electron chi connectivity index (χ4n) is 3.70. The van der Waals surface area contributed by atoms with Gasteiger partial charge in [-0.1, -0.05) is 0 Å². The van der Waals surface area contributed by atoms with Gasteiger partial charge in [0.1, 0.15) is 17.3 Å². The molecule has 0 atom stereocenters. The van der Waals surface area contributed by atoms with Gasteiger partial charge >= 0.3 is 0 Å². The molecule has 0 bridgehead atoms. The molecule has 2 N–H and O–H groups in total. The van der Waals surface area contributed by atoms with E-state index in [0.29, 0.717) is 11.5 Å². The summed E-state index contributed by atoms with van der Waals surface area (Å²) < 4.78 is 22.8. The fourth-order valence-corrected chi connectivity index (χ4v) is 3.70. The van der Waals surface area contributed by atoms with Crippen molar-refractivity contribution in [3.63, 3.8) is 0 Å². The number of aromatic nitrogens is 5. The molecule has 0 spiro atoms. The highest BCUT2D eigenvalue weighted by Gasteiger charge is 2.24. The van der Waals surface area contributed by atoms with Crippen LogP contribution in [0.5, 0.6) is 0 Å². The zero-order chi connectivity index (χ0) is 19.1. The van der Waals surface area contributed by atoms with Crippen molar-refractivity contribution in [3.8, 4) is 22.6 Å². The molecule has 7 nitrogen and oxygen atoms in total. The van der Waals surface area contributed by atoms with Crippen molar-refractivity contribution in [2.24, 2.45) is 0 Å². The maximum absolute atomic E-state index is 13.4. The second-order valence-electron chi connectivity index (χ2n) is 6.89. The van der Waals surface area contributed by atoms with Crippen molar-refractivity contribution in [1.29, 1.82) is 0 Å². The van der Waals surface area contributed by atoms with E-state index in [1.54, 1.807) is 22.8 Å². The first-order valence-corrected chi connectivity index (χ1v) is 9.22. The van der Waals surface area contributed by atoms with E-state index in [-0.39, 0.29) is 11.9 Å². The highest BCUT2D eigenvalue weighted by Crippen LogP contribution is 2.35. The van der Waals surface area contributed by atoms with E-state index < -0.39 is 0 Å². The second kappa shape index (κ2) is 6.72. The first kappa shape index (κ1) is 16.9. The average molecular weight is 378 g/mol. The van der Waals surface area contributed by atoms with Crippen LogP contribution < -0.4 is 5.73 Å². The summed E-state index contributed by atoms with van der Waals surface area (Å²) in [6.07, 6.45) is 5.35. The van der Waals surface area contributed by atoms with Crippen LogP contribution in [0, 0.1) is 5.82 Å². The highest BCUT2D eigenvalue weighted by atomic mass is 19.1. The summed E-state index contributed by atoms with van der Waals surface area (Å²) in [5.41, 5.74) is 9.75. The predicted molar refractivity (Wildman–Crippen MR) is 103 cm³/mol. The standard InChI is InChI=1S/C20H19FN6O/c21-14-3-1-13(2-4-14)19-20(26(12-23-19)15-7-9-28-10-8-15)16-5-6-18-24-17(22)11-27(18)25-16/h1-6,11-12,15H,7-10,22H2. The number of rotatable bonds is 3. The minimum atomic E-state index is -0.275. The van der Waals surface area contributed by atoms with E-state index in [1.807, 2.05) is 18.5 Å². The number of halogens is 1. The van der Waals surface area contributed by atoms with Gasteiger partial charge in [-0.3, -0.25) is 0 Å². The molecule has 1 aromatic carbocycles. The van der Waals surface area contributed by atoms with Gasteiger partial charge in [-0.25, -0.2) is 18.9 Å². The highest BCUT2D eigenvalue weighted by molar-refractivity contribution is 5.77. The third-order valence-electron chi connectivity index (χ3n) is 5.08. The average Bonchev–Trinajstić information content (AvgIpc) is 3.31. The van der Waals surface area contributed by atoms with Crippen LogP contribution in [0.15, 0.2) is 48.9 Å². The van der Waals surface area contributed by atoms with Crippen LogP contribution in [0.2, 0.25) is 0 Å². The maximum atomic E-state index is 13.4. The molecule has 1 saturated heterocycles. The van der Waals surface area contributed by atoms with Gasteiger partial charge in [-0.15, -0.1) is 0 Å². The number of imidazole rings is 2. The number of hydrogen-bond donors (Lipinski definition) is 1. The minimum absolute atomic E-state index is 0.274. The molecule has 1 fully saturated rings. The molecule has 0 saturated carbocycles. The molecule has 1 aliphatic heterocycles. The third kappa shape index (κ3) is 2.91. The summed E-state index contributed by atoms with van der Waals surface area (Å²) in [4.78, 5) is 8.90. The van der Waals surface area contributed by atoms with Gasteiger partial charge in [0.25, 0.3) is 0 Å². The Morgan fingerprint density at radius 3 is 2.64 bits per heavy atom. The number of nitrogen functional groups attached to an aromatic ring is 1. The summed E-state index contributed by atoms with van der Waals surface area (Å²) in [6, 6.07) is 10.4. The molecule has 0 unspecified atom stereocenters. The zero-order valence-corrected chi connectivity index (χ0v) is 15.1. The Bertz CT molecular complexity index is 1130. The van der Waals surface area contributed by atoms with Gasteiger partial charge in [0.15, 0.2) is 5.65 Å². The van der Waals surface area contributed by atoms with Crippen molar-refractivity contribution >= 4 is 11.5 Å². The van der Waals surface area contributed by atoms with E-state index in [0.717, 1.165) is 48.7 Å². The van der Waals surface area contributed by atoms with Gasteiger partial charge in [0, 0.05) is 24.8 Å². The summed E-state index contributed by atoms with van der Waals surface area (Å²) in [7, 11) is 0. The van der Waals surface area contributed by atoms with Crippen molar-refractivity contribution < 1.29 is 9.13 Å². The SMILES string of the molecule is Nc1cn2nc(-c3c(-c4ccc(F)cc4)ncn3C3CCOCC3)ccc2n1. The van der Waals surface area contributed by atoms with E-state index in [4.69, 9.17) is 15.6 Å². The lowest BCUT2D eigenvalue weighted by molar-refractivity contribution is 0.0699. The van der Waals surface area contributed by atoms with Crippen molar-refractivity contribution in [2.75, 3.05) is 18.9 Å². The van der Waals surface area contributed by atoms with Crippen molar-refractivity contribution in [2.45, 2.75) is 18.9 Å². The largest absolute Gasteiger partial charge is 0.382 e. The number of ether oxygens (including phenoxy) is 1. The molecule has 1 aliphatic rings. The van der Waals surface area contributed by atoms with Crippen LogP contribution in [-0.2, 0) is 4.74 Å². The minimum Gasteiger partial charge on any atom is -0.382 e. The van der Waals surface area contributed by atoms with E-state index in [2.05, 4.69) is 14.5 Å². The Kier molecular flexibility index (Phi) is 4.05. The molecule has 0 radical (unpaired) electrons. The van der Waals surface area contributed by atoms with Gasteiger partial charge in [-0.05, 0) is 49.2 Å². The molecular weight excluding hydrogens is 359 g/mol. The summed E-state index contributed by atoms with van der Waals surface area (Å²) in [6.45, 7) is 1.44. The molecule has 0 amide bonds. The lowest BCUT2D eigenvalue weighted by atomic mass is 10.1. The summed E-state index contributed by atoms with van der Waals surface area (Å²) in [5.74, 6) is 0.143.